The van der Waals surface area contributed by atoms with Gasteiger partial charge in [-0.2, -0.15) is 0 Å². The van der Waals surface area contributed by atoms with Gasteiger partial charge in [0.05, 0.1) is 0 Å². The largest absolute Gasteiger partial charge is 0.323 e. The Balaban J connectivity index is 1.51. The van der Waals surface area contributed by atoms with Crippen LogP contribution in [0.1, 0.15) is 16.8 Å². The zero-order valence-electron chi connectivity index (χ0n) is 14.2. The number of pyridine rings is 2. The van der Waals surface area contributed by atoms with Crippen LogP contribution in [-0.4, -0.2) is 52.0 Å². The van der Waals surface area contributed by atoms with Crippen molar-refractivity contribution in [1.82, 2.24) is 19.8 Å². The lowest BCUT2D eigenvalue weighted by Crippen LogP contribution is -2.49. The van der Waals surface area contributed by atoms with Crippen molar-refractivity contribution in [1.29, 1.82) is 0 Å². The maximum atomic E-state index is 12.4. The maximum Gasteiger partial charge on any atom is 0.323 e. The van der Waals surface area contributed by atoms with Gasteiger partial charge in [0.2, 0.25) is 0 Å². The molecule has 0 aromatic carbocycles. The lowest BCUT2D eigenvalue weighted by Gasteiger charge is -2.34. The predicted octanol–water partition coefficient (Wildman–Crippen LogP) is 2.44. The summed E-state index contributed by atoms with van der Waals surface area (Å²) in [6.07, 6.45) is 3.68. The van der Waals surface area contributed by atoms with E-state index in [1.807, 2.05) is 43.1 Å². The first-order chi connectivity index (χ1) is 11.6. The van der Waals surface area contributed by atoms with Crippen LogP contribution < -0.4 is 5.32 Å². The molecule has 0 radical (unpaired) electrons. The van der Waals surface area contributed by atoms with E-state index < -0.39 is 0 Å². The Labute approximate surface area is 142 Å². The van der Waals surface area contributed by atoms with E-state index >= 15 is 0 Å². The highest BCUT2D eigenvalue weighted by Crippen LogP contribution is 2.12. The van der Waals surface area contributed by atoms with Crippen LogP contribution in [0.2, 0.25) is 0 Å². The number of hydrogen-bond acceptors (Lipinski definition) is 4. The summed E-state index contributed by atoms with van der Waals surface area (Å²) in [5.41, 5.74) is 3.21. The molecule has 3 heterocycles. The normalized spacial score (nSPS) is 15.3. The molecule has 0 saturated carbocycles. The Morgan fingerprint density at radius 1 is 1.21 bits per heavy atom. The van der Waals surface area contributed by atoms with Gasteiger partial charge in [-0.3, -0.25) is 15.2 Å². The lowest BCUT2D eigenvalue weighted by molar-refractivity contribution is 0.143. The molecular formula is C18H23N5O. The molecule has 1 aliphatic heterocycles. The van der Waals surface area contributed by atoms with Crippen LogP contribution in [0.5, 0.6) is 0 Å². The molecule has 0 atom stereocenters. The molecule has 2 amide bonds. The Kier molecular flexibility index (Phi) is 5.05. The van der Waals surface area contributed by atoms with Crippen LogP contribution in [-0.2, 0) is 6.54 Å². The van der Waals surface area contributed by atoms with E-state index in [0.717, 1.165) is 44.0 Å². The van der Waals surface area contributed by atoms with Crippen molar-refractivity contribution in [2.45, 2.75) is 20.4 Å². The van der Waals surface area contributed by atoms with E-state index in [-0.39, 0.29) is 6.03 Å². The van der Waals surface area contributed by atoms with E-state index in [1.54, 1.807) is 6.20 Å². The number of piperazine rings is 1. The van der Waals surface area contributed by atoms with Crippen LogP contribution in [0, 0.1) is 13.8 Å². The zero-order chi connectivity index (χ0) is 16.9. The Bertz CT molecular complexity index is 676. The first-order valence-corrected chi connectivity index (χ1v) is 8.22. The fourth-order valence-electron chi connectivity index (χ4n) is 2.95. The van der Waals surface area contributed by atoms with Gasteiger partial charge in [-0.25, -0.2) is 9.78 Å². The number of rotatable bonds is 3. The third-order valence-corrected chi connectivity index (χ3v) is 4.12. The molecule has 0 spiro atoms. The third-order valence-electron chi connectivity index (χ3n) is 4.12. The van der Waals surface area contributed by atoms with Gasteiger partial charge in [-0.1, -0.05) is 6.07 Å². The van der Waals surface area contributed by atoms with Crippen LogP contribution in [0.25, 0.3) is 0 Å². The van der Waals surface area contributed by atoms with Gasteiger partial charge in [0.1, 0.15) is 5.82 Å². The zero-order valence-corrected chi connectivity index (χ0v) is 14.2. The molecule has 0 aliphatic carbocycles. The van der Waals surface area contributed by atoms with Gasteiger partial charge in [0.15, 0.2) is 0 Å². The van der Waals surface area contributed by atoms with Gasteiger partial charge < -0.3 is 4.90 Å². The quantitative estimate of drug-likeness (QED) is 0.941. The van der Waals surface area contributed by atoms with Crippen molar-refractivity contribution < 1.29 is 4.79 Å². The summed E-state index contributed by atoms with van der Waals surface area (Å²) in [6.45, 7) is 7.97. The fourth-order valence-corrected chi connectivity index (χ4v) is 2.95. The van der Waals surface area contributed by atoms with Crippen LogP contribution >= 0.6 is 0 Å². The smallest absolute Gasteiger partial charge is 0.322 e. The number of nitrogens with one attached hydrogen (secondary N) is 1. The van der Waals surface area contributed by atoms with E-state index in [2.05, 4.69) is 26.3 Å². The van der Waals surface area contributed by atoms with Crippen molar-refractivity contribution >= 4 is 11.8 Å². The second kappa shape index (κ2) is 7.40. The number of amides is 2. The van der Waals surface area contributed by atoms with Gasteiger partial charge in [0.25, 0.3) is 0 Å². The Morgan fingerprint density at radius 2 is 2.00 bits per heavy atom. The first kappa shape index (κ1) is 16.4. The predicted molar refractivity (Wildman–Crippen MR) is 93.8 cm³/mol. The third kappa shape index (κ3) is 4.29. The van der Waals surface area contributed by atoms with Crippen molar-refractivity contribution in [2.24, 2.45) is 0 Å². The molecule has 0 unspecified atom stereocenters. The van der Waals surface area contributed by atoms with E-state index in [1.165, 1.54) is 5.56 Å². The van der Waals surface area contributed by atoms with Gasteiger partial charge >= 0.3 is 6.03 Å². The molecule has 2 aromatic heterocycles. The second-order valence-corrected chi connectivity index (χ2v) is 6.23. The van der Waals surface area contributed by atoms with Gasteiger partial charge in [0, 0.05) is 50.8 Å². The molecule has 1 saturated heterocycles. The standard InChI is InChI=1S/C18H23N5O/c1-14-10-15(2)20-17(11-14)21-18(24)23-8-6-22(7-9-23)13-16-4-3-5-19-12-16/h3-5,10-12H,6-9,13H2,1-2H3,(H,20,21,24). The van der Waals surface area contributed by atoms with Gasteiger partial charge in [-0.15, -0.1) is 0 Å². The maximum absolute atomic E-state index is 12.4. The Morgan fingerprint density at radius 3 is 2.67 bits per heavy atom. The number of urea groups is 1. The minimum absolute atomic E-state index is 0.0754. The monoisotopic (exact) mass is 325 g/mol. The minimum atomic E-state index is -0.0754. The molecule has 2 aromatic rings. The van der Waals surface area contributed by atoms with Crippen molar-refractivity contribution in [3.63, 3.8) is 0 Å². The fraction of sp³-hybridized carbons (Fsp3) is 0.389. The topological polar surface area (TPSA) is 61.4 Å². The summed E-state index contributed by atoms with van der Waals surface area (Å²) in [6, 6.07) is 7.85. The molecule has 6 heteroatoms. The van der Waals surface area contributed by atoms with E-state index in [9.17, 15) is 4.79 Å². The van der Waals surface area contributed by atoms with Crippen molar-refractivity contribution in [3.8, 4) is 0 Å². The average Bonchev–Trinajstić information content (AvgIpc) is 2.55. The molecule has 1 fully saturated rings. The molecule has 1 aliphatic rings. The number of carbonyl (C=O) groups excluding carboxylic acids is 1. The number of hydrogen-bond donors (Lipinski definition) is 1. The number of aromatic nitrogens is 2. The van der Waals surface area contributed by atoms with Gasteiger partial charge in [-0.05, 0) is 43.2 Å². The summed E-state index contributed by atoms with van der Waals surface area (Å²) in [7, 11) is 0. The summed E-state index contributed by atoms with van der Waals surface area (Å²) in [5, 5.41) is 2.91. The van der Waals surface area contributed by atoms with Crippen molar-refractivity contribution in [2.75, 3.05) is 31.5 Å². The van der Waals surface area contributed by atoms with Crippen LogP contribution in [0.15, 0.2) is 36.7 Å². The summed E-state index contributed by atoms with van der Waals surface area (Å²) >= 11 is 0. The first-order valence-electron chi connectivity index (χ1n) is 8.22. The SMILES string of the molecule is Cc1cc(C)nc(NC(=O)N2CCN(Cc3cccnc3)CC2)c1. The molecular weight excluding hydrogens is 302 g/mol. The number of carbonyl (C=O) groups is 1. The van der Waals surface area contributed by atoms with Crippen LogP contribution in [0.4, 0.5) is 10.6 Å². The molecule has 1 N–H and O–H groups in total. The van der Waals surface area contributed by atoms with E-state index in [0.29, 0.717) is 5.82 Å². The highest BCUT2D eigenvalue weighted by Gasteiger charge is 2.21. The molecule has 126 valence electrons. The summed E-state index contributed by atoms with van der Waals surface area (Å²) < 4.78 is 0. The summed E-state index contributed by atoms with van der Waals surface area (Å²) in [4.78, 5) is 25.1. The highest BCUT2D eigenvalue weighted by atomic mass is 16.2. The molecule has 0 bridgehead atoms. The van der Waals surface area contributed by atoms with E-state index in [4.69, 9.17) is 0 Å². The Hall–Kier alpha value is -2.47. The highest BCUT2D eigenvalue weighted by molar-refractivity contribution is 5.88. The molecule has 24 heavy (non-hydrogen) atoms. The second-order valence-electron chi connectivity index (χ2n) is 6.23. The number of nitrogens with zero attached hydrogens (tertiary/aromatic N) is 4. The number of anilines is 1. The number of aryl methyl sites for hydroxylation is 2. The molecule has 3 rings (SSSR count). The van der Waals surface area contributed by atoms with Crippen LogP contribution in [0.3, 0.4) is 0 Å². The molecule has 6 nitrogen and oxygen atoms in total. The lowest BCUT2D eigenvalue weighted by atomic mass is 10.2. The summed E-state index contributed by atoms with van der Waals surface area (Å²) in [5.74, 6) is 0.621. The minimum Gasteiger partial charge on any atom is -0.322 e. The average molecular weight is 325 g/mol. The van der Waals surface area contributed by atoms with Crippen molar-refractivity contribution in [3.05, 3.63) is 53.5 Å².